The first-order valence-corrected chi connectivity index (χ1v) is 4.60. The van der Waals surface area contributed by atoms with Gasteiger partial charge in [0.25, 0.3) is 0 Å². The molecule has 0 N–H and O–H groups in total. The highest BCUT2D eigenvalue weighted by atomic mass is 32.2. The fraction of sp³-hybridized carbons (Fsp3) is 0.400. The lowest BCUT2D eigenvalue weighted by Gasteiger charge is -2.15. The van der Waals surface area contributed by atoms with Crippen LogP contribution in [0, 0.1) is 0 Å². The highest BCUT2D eigenvalue weighted by molar-refractivity contribution is 7.85. The number of hydrogen-bond acceptors (Lipinski definition) is 3. The molecular formula is C5H9N2O2S+. The van der Waals surface area contributed by atoms with Crippen LogP contribution in [0.5, 0.6) is 0 Å². The molecule has 1 heterocycles. The molecule has 5 heteroatoms. The standard InChI is InChI=1S/C5H9N2O2S/c1-7(10(2,8)9)5-3-4-6-7/h3-5H,1-2H3/q+1. The van der Waals surface area contributed by atoms with E-state index in [9.17, 15) is 8.42 Å². The predicted octanol–water partition coefficient (Wildman–Crippen LogP) is -0.0943. The lowest BCUT2D eigenvalue weighted by molar-refractivity contribution is -0.731. The summed E-state index contributed by atoms with van der Waals surface area (Å²) < 4.78 is 21.6. The fourth-order valence-electron chi connectivity index (χ4n) is 0.604. The van der Waals surface area contributed by atoms with Crippen molar-refractivity contribution in [3.63, 3.8) is 0 Å². The number of nitrogens with zero attached hydrogens (tertiary/aromatic N) is 2. The van der Waals surface area contributed by atoms with Crippen molar-refractivity contribution in [3.05, 3.63) is 12.3 Å². The van der Waals surface area contributed by atoms with E-state index in [1.165, 1.54) is 19.5 Å². The van der Waals surface area contributed by atoms with Crippen molar-refractivity contribution in [2.24, 2.45) is 5.10 Å². The molecule has 0 aromatic carbocycles. The van der Waals surface area contributed by atoms with Crippen molar-refractivity contribution in [2.75, 3.05) is 13.3 Å². The number of quaternary nitrogens is 1. The van der Waals surface area contributed by atoms with Crippen LogP contribution in [0.25, 0.3) is 0 Å². The molecule has 0 aliphatic carbocycles. The summed E-state index contributed by atoms with van der Waals surface area (Å²) in [6.07, 6.45) is 5.75. The molecule has 0 aromatic heterocycles. The molecule has 0 amide bonds. The maximum atomic E-state index is 11.0. The van der Waals surface area contributed by atoms with Crippen molar-refractivity contribution in [1.29, 1.82) is 0 Å². The van der Waals surface area contributed by atoms with Gasteiger partial charge in [0.05, 0.1) is 12.5 Å². The highest BCUT2D eigenvalue weighted by Gasteiger charge is 2.32. The minimum absolute atomic E-state index is 0.368. The Morgan fingerprint density at radius 2 is 2.10 bits per heavy atom. The minimum atomic E-state index is -3.15. The van der Waals surface area contributed by atoms with Crippen LogP contribution in [-0.4, -0.2) is 31.9 Å². The molecule has 0 saturated carbocycles. The van der Waals surface area contributed by atoms with Crippen LogP contribution >= 0.6 is 0 Å². The Hall–Kier alpha value is -0.680. The van der Waals surface area contributed by atoms with E-state index in [4.69, 9.17) is 0 Å². The Kier molecular flexibility index (Phi) is 1.41. The van der Waals surface area contributed by atoms with Gasteiger partial charge in [-0.1, -0.05) is 9.10 Å². The van der Waals surface area contributed by atoms with Crippen LogP contribution in [0.4, 0.5) is 0 Å². The first-order chi connectivity index (χ1) is 4.46. The second kappa shape index (κ2) is 1.90. The molecule has 4 nitrogen and oxygen atoms in total. The number of hydrogen-bond donors (Lipinski definition) is 0. The number of sulfonamides is 1. The van der Waals surface area contributed by atoms with Crippen LogP contribution in [0.1, 0.15) is 0 Å². The van der Waals surface area contributed by atoms with E-state index in [0.717, 1.165) is 6.26 Å². The summed E-state index contributed by atoms with van der Waals surface area (Å²) in [7, 11) is -1.64. The molecule has 1 atom stereocenters. The molecule has 10 heavy (non-hydrogen) atoms. The predicted molar refractivity (Wildman–Crippen MR) is 38.7 cm³/mol. The van der Waals surface area contributed by atoms with Gasteiger partial charge in [0.2, 0.25) is 0 Å². The average Bonchev–Trinajstić information content (AvgIpc) is 2.13. The fourth-order valence-corrected chi connectivity index (χ4v) is 1.12. The topological polar surface area (TPSA) is 46.5 Å². The summed E-state index contributed by atoms with van der Waals surface area (Å²) in [5.41, 5.74) is 0. The molecular weight excluding hydrogens is 152 g/mol. The van der Waals surface area contributed by atoms with E-state index < -0.39 is 10.0 Å². The van der Waals surface area contributed by atoms with Gasteiger partial charge in [-0.2, -0.15) is 8.42 Å². The summed E-state index contributed by atoms with van der Waals surface area (Å²) in [6, 6.07) is 0. The Morgan fingerprint density at radius 3 is 2.30 bits per heavy atom. The number of rotatable bonds is 1. The molecule has 1 rings (SSSR count). The molecule has 0 fully saturated rings. The van der Waals surface area contributed by atoms with Gasteiger partial charge >= 0.3 is 10.0 Å². The van der Waals surface area contributed by atoms with E-state index in [1.807, 2.05) is 0 Å². The Balaban J connectivity index is 3.14. The lowest BCUT2D eigenvalue weighted by Crippen LogP contribution is -2.36. The molecule has 0 saturated heterocycles. The van der Waals surface area contributed by atoms with Gasteiger partial charge in [-0.3, -0.25) is 0 Å². The van der Waals surface area contributed by atoms with Crippen molar-refractivity contribution in [3.8, 4) is 0 Å². The SMILES string of the molecule is C[N+]1(S(C)(=O)=O)C=CC=N1. The summed E-state index contributed by atoms with van der Waals surface area (Å²) in [5.74, 6) is 0. The maximum Gasteiger partial charge on any atom is 0.322 e. The quantitative estimate of drug-likeness (QED) is 0.504. The second-order valence-electron chi connectivity index (χ2n) is 2.28. The van der Waals surface area contributed by atoms with Gasteiger partial charge in [0.15, 0.2) is 0 Å². The second-order valence-corrected chi connectivity index (χ2v) is 4.49. The Labute approximate surface area is 60.1 Å². The maximum absolute atomic E-state index is 11.0. The van der Waals surface area contributed by atoms with Gasteiger partial charge in [-0.05, 0) is 0 Å². The zero-order chi connectivity index (χ0) is 7.83. The van der Waals surface area contributed by atoms with Gasteiger partial charge in [-0.25, -0.2) is 0 Å². The molecule has 0 spiro atoms. The van der Waals surface area contributed by atoms with Gasteiger partial charge in [-0.15, -0.1) is 0 Å². The van der Waals surface area contributed by atoms with Crippen molar-refractivity contribution in [1.82, 2.24) is 0 Å². The molecule has 0 radical (unpaired) electrons. The third-order valence-electron chi connectivity index (χ3n) is 1.42. The van der Waals surface area contributed by atoms with E-state index >= 15 is 0 Å². The van der Waals surface area contributed by atoms with Crippen LogP contribution < -0.4 is 0 Å². The van der Waals surface area contributed by atoms with Crippen molar-refractivity contribution >= 4 is 16.2 Å². The molecule has 1 aliphatic rings. The first-order valence-electron chi connectivity index (χ1n) is 2.75. The third kappa shape index (κ3) is 0.975. The Bertz CT molecular complexity index is 277. The zero-order valence-corrected chi connectivity index (χ0v) is 6.67. The smallest absolute Gasteiger partial charge is 0.171 e. The van der Waals surface area contributed by atoms with Crippen LogP contribution in [-0.2, 0) is 10.0 Å². The minimum Gasteiger partial charge on any atom is -0.171 e. The van der Waals surface area contributed by atoms with Crippen LogP contribution in [0.3, 0.4) is 0 Å². The Morgan fingerprint density at radius 1 is 1.50 bits per heavy atom. The van der Waals surface area contributed by atoms with Crippen molar-refractivity contribution in [2.45, 2.75) is 0 Å². The lowest BCUT2D eigenvalue weighted by atomic mass is 10.7. The average molecular weight is 161 g/mol. The molecule has 56 valence electrons. The highest BCUT2D eigenvalue weighted by Crippen LogP contribution is 2.14. The van der Waals surface area contributed by atoms with E-state index in [2.05, 4.69) is 5.10 Å². The zero-order valence-electron chi connectivity index (χ0n) is 5.85. The molecule has 0 bridgehead atoms. The summed E-state index contributed by atoms with van der Waals surface area (Å²) in [5, 5.41) is 3.75. The summed E-state index contributed by atoms with van der Waals surface area (Å²) >= 11 is 0. The van der Waals surface area contributed by atoms with Crippen molar-refractivity contribution < 1.29 is 12.4 Å². The monoisotopic (exact) mass is 161 g/mol. The van der Waals surface area contributed by atoms with Gasteiger partial charge < -0.3 is 0 Å². The largest absolute Gasteiger partial charge is 0.322 e. The third-order valence-corrected chi connectivity index (χ3v) is 2.97. The molecule has 1 aliphatic heterocycles. The molecule has 1 unspecified atom stereocenters. The van der Waals surface area contributed by atoms with Crippen LogP contribution in [0.2, 0.25) is 0 Å². The van der Waals surface area contributed by atoms with Crippen LogP contribution in [0.15, 0.2) is 17.4 Å². The summed E-state index contributed by atoms with van der Waals surface area (Å²) in [6.45, 7) is 0. The van der Waals surface area contributed by atoms with Gasteiger partial charge in [0, 0.05) is 6.08 Å². The van der Waals surface area contributed by atoms with E-state index in [1.54, 1.807) is 6.08 Å². The summed E-state index contributed by atoms with van der Waals surface area (Å²) in [4.78, 5) is 0. The van der Waals surface area contributed by atoms with E-state index in [0.29, 0.717) is 0 Å². The normalized spacial score (nSPS) is 31.4. The first kappa shape index (κ1) is 7.43. The van der Waals surface area contributed by atoms with Gasteiger partial charge in [0.1, 0.15) is 13.2 Å². The number of allylic oxidation sites excluding steroid dienone is 1. The van der Waals surface area contributed by atoms with E-state index in [-0.39, 0.29) is 4.00 Å². The molecule has 0 aromatic rings.